The van der Waals surface area contributed by atoms with E-state index in [2.05, 4.69) is 9.80 Å². The first-order valence-corrected chi connectivity index (χ1v) is 8.38. The van der Waals surface area contributed by atoms with Crippen LogP contribution in [0.4, 0.5) is 11.4 Å². The molecular formula is C16H14Cl4N2. The van der Waals surface area contributed by atoms with Crippen LogP contribution in [0.1, 0.15) is 0 Å². The summed E-state index contributed by atoms with van der Waals surface area (Å²) in [7, 11) is 0. The third kappa shape index (κ3) is 3.26. The van der Waals surface area contributed by atoms with E-state index >= 15 is 0 Å². The van der Waals surface area contributed by atoms with Gasteiger partial charge in [0, 0.05) is 29.5 Å². The largest absolute Gasteiger partial charge is 0.346 e. The number of alkyl halides is 3. The molecule has 3 rings (SSSR count). The third-order valence-electron chi connectivity index (χ3n) is 3.71. The molecule has 0 saturated carbocycles. The molecule has 0 bridgehead atoms. The van der Waals surface area contributed by atoms with Crippen LogP contribution in [0, 0.1) is 0 Å². The number of nitrogens with zero attached hydrogens (tertiary/aromatic N) is 2. The van der Waals surface area contributed by atoms with Crippen LogP contribution in [0.2, 0.25) is 5.02 Å². The summed E-state index contributed by atoms with van der Waals surface area (Å²) in [6.07, 6.45) is -0.374. The molecule has 116 valence electrons. The van der Waals surface area contributed by atoms with Crippen molar-refractivity contribution in [1.29, 1.82) is 0 Å². The molecule has 0 aromatic heterocycles. The Morgan fingerprint density at radius 1 is 0.773 bits per heavy atom. The van der Waals surface area contributed by atoms with E-state index in [0.29, 0.717) is 5.02 Å². The Morgan fingerprint density at radius 2 is 1.27 bits per heavy atom. The number of hydrogen-bond acceptors (Lipinski definition) is 2. The highest BCUT2D eigenvalue weighted by Gasteiger charge is 2.45. The molecule has 1 fully saturated rings. The predicted molar refractivity (Wildman–Crippen MR) is 96.7 cm³/mol. The molecule has 0 radical (unpaired) electrons. The van der Waals surface area contributed by atoms with E-state index in [1.165, 1.54) is 0 Å². The molecule has 0 aliphatic carbocycles. The van der Waals surface area contributed by atoms with Gasteiger partial charge in [0.1, 0.15) is 0 Å². The maximum absolute atomic E-state index is 6.28. The molecule has 2 aromatic rings. The van der Waals surface area contributed by atoms with Crippen molar-refractivity contribution in [2.75, 3.05) is 22.9 Å². The summed E-state index contributed by atoms with van der Waals surface area (Å²) in [5.74, 6) is 0. The number of halogens is 4. The van der Waals surface area contributed by atoms with Gasteiger partial charge in [-0.3, -0.25) is 0 Å². The van der Waals surface area contributed by atoms with Crippen LogP contribution in [-0.4, -0.2) is 23.0 Å². The topological polar surface area (TPSA) is 6.48 Å². The predicted octanol–water partition coefficient (Wildman–Crippen LogP) is 5.36. The van der Waals surface area contributed by atoms with E-state index in [0.717, 1.165) is 24.5 Å². The SMILES string of the molecule is Clc1ccc(N2CCN(c3ccccc3)C2C(Cl)(Cl)Cl)cc1. The van der Waals surface area contributed by atoms with Crippen molar-refractivity contribution < 1.29 is 0 Å². The molecule has 1 atom stereocenters. The zero-order chi connectivity index (χ0) is 15.7. The van der Waals surface area contributed by atoms with Gasteiger partial charge in [-0.25, -0.2) is 0 Å². The number of benzene rings is 2. The normalized spacial score (nSPS) is 18.8. The van der Waals surface area contributed by atoms with Crippen molar-refractivity contribution in [2.24, 2.45) is 0 Å². The summed E-state index contributed by atoms with van der Waals surface area (Å²) in [6.45, 7) is 1.56. The summed E-state index contributed by atoms with van der Waals surface area (Å²) in [6, 6.07) is 17.6. The minimum atomic E-state index is -1.44. The summed E-state index contributed by atoms with van der Waals surface area (Å²) < 4.78 is -1.44. The van der Waals surface area contributed by atoms with Crippen molar-refractivity contribution in [2.45, 2.75) is 9.96 Å². The molecule has 1 aliphatic heterocycles. The fourth-order valence-corrected chi connectivity index (χ4v) is 3.61. The molecule has 6 heteroatoms. The average molecular weight is 376 g/mol. The number of rotatable bonds is 2. The van der Waals surface area contributed by atoms with Crippen LogP contribution in [0.5, 0.6) is 0 Å². The van der Waals surface area contributed by atoms with E-state index in [1.807, 2.05) is 54.6 Å². The second-order valence-electron chi connectivity index (χ2n) is 5.11. The second kappa shape index (κ2) is 6.37. The molecule has 0 N–H and O–H groups in total. The summed E-state index contributed by atoms with van der Waals surface area (Å²) in [5.41, 5.74) is 2.02. The van der Waals surface area contributed by atoms with Crippen LogP contribution < -0.4 is 9.80 Å². The zero-order valence-electron chi connectivity index (χ0n) is 11.6. The first-order valence-electron chi connectivity index (χ1n) is 6.87. The highest BCUT2D eigenvalue weighted by molar-refractivity contribution is 6.68. The van der Waals surface area contributed by atoms with Gasteiger partial charge in [-0.1, -0.05) is 64.6 Å². The van der Waals surface area contributed by atoms with Gasteiger partial charge < -0.3 is 9.80 Å². The Hall–Kier alpha value is -0.800. The molecule has 1 saturated heterocycles. The maximum Gasteiger partial charge on any atom is 0.228 e. The van der Waals surface area contributed by atoms with E-state index < -0.39 is 3.79 Å². The second-order valence-corrected chi connectivity index (χ2v) is 7.92. The van der Waals surface area contributed by atoms with Crippen LogP contribution >= 0.6 is 46.4 Å². The number of anilines is 2. The fraction of sp³-hybridized carbons (Fsp3) is 0.250. The lowest BCUT2D eigenvalue weighted by Gasteiger charge is -2.37. The Kier molecular flexibility index (Phi) is 4.65. The van der Waals surface area contributed by atoms with E-state index in [-0.39, 0.29) is 6.17 Å². The van der Waals surface area contributed by atoms with Crippen LogP contribution in [-0.2, 0) is 0 Å². The molecule has 1 aliphatic rings. The minimum Gasteiger partial charge on any atom is -0.346 e. The molecular weight excluding hydrogens is 362 g/mol. The molecule has 2 nitrogen and oxygen atoms in total. The van der Waals surface area contributed by atoms with Gasteiger partial charge in [0.2, 0.25) is 3.79 Å². The molecule has 0 amide bonds. The monoisotopic (exact) mass is 374 g/mol. The lowest BCUT2D eigenvalue weighted by atomic mass is 10.2. The van der Waals surface area contributed by atoms with Crippen molar-refractivity contribution in [3.05, 3.63) is 59.6 Å². The Balaban J connectivity index is 1.97. The Labute approximate surface area is 150 Å². The van der Waals surface area contributed by atoms with Crippen molar-refractivity contribution in [3.63, 3.8) is 0 Å². The first-order chi connectivity index (χ1) is 10.5. The van der Waals surface area contributed by atoms with Crippen molar-refractivity contribution in [3.8, 4) is 0 Å². The fourth-order valence-electron chi connectivity index (χ4n) is 2.77. The van der Waals surface area contributed by atoms with Gasteiger partial charge in [0.25, 0.3) is 0 Å². The number of para-hydroxylation sites is 1. The maximum atomic E-state index is 6.28. The number of hydrogen-bond donors (Lipinski definition) is 0. The lowest BCUT2D eigenvalue weighted by molar-refractivity contribution is 0.681. The minimum absolute atomic E-state index is 0.374. The first kappa shape index (κ1) is 16.1. The standard InChI is InChI=1S/C16H14Cl4N2/c17-12-6-8-14(9-7-12)22-11-10-21(15(22)16(18,19)20)13-4-2-1-3-5-13/h1-9,15H,10-11H2. The van der Waals surface area contributed by atoms with Crippen LogP contribution in [0.25, 0.3) is 0 Å². The van der Waals surface area contributed by atoms with Crippen LogP contribution in [0.3, 0.4) is 0 Å². The smallest absolute Gasteiger partial charge is 0.228 e. The van der Waals surface area contributed by atoms with E-state index in [9.17, 15) is 0 Å². The molecule has 0 spiro atoms. The van der Waals surface area contributed by atoms with Gasteiger partial charge in [0.05, 0.1) is 0 Å². The third-order valence-corrected chi connectivity index (χ3v) is 4.55. The Morgan fingerprint density at radius 3 is 1.77 bits per heavy atom. The van der Waals surface area contributed by atoms with Gasteiger partial charge >= 0.3 is 0 Å². The molecule has 2 aromatic carbocycles. The highest BCUT2D eigenvalue weighted by atomic mass is 35.6. The molecule has 22 heavy (non-hydrogen) atoms. The van der Waals surface area contributed by atoms with Gasteiger partial charge in [-0.05, 0) is 36.4 Å². The Bertz CT molecular complexity index is 625. The van der Waals surface area contributed by atoms with Gasteiger partial charge in [-0.15, -0.1) is 0 Å². The molecule has 1 unspecified atom stereocenters. The van der Waals surface area contributed by atoms with Crippen molar-refractivity contribution >= 4 is 57.8 Å². The van der Waals surface area contributed by atoms with Gasteiger partial charge in [0.15, 0.2) is 6.17 Å². The summed E-state index contributed by atoms with van der Waals surface area (Å²) in [4.78, 5) is 4.21. The van der Waals surface area contributed by atoms with Crippen molar-refractivity contribution in [1.82, 2.24) is 0 Å². The quantitative estimate of drug-likeness (QED) is 0.651. The van der Waals surface area contributed by atoms with Gasteiger partial charge in [-0.2, -0.15) is 0 Å². The van der Waals surface area contributed by atoms with E-state index in [1.54, 1.807) is 0 Å². The average Bonchev–Trinajstić information content (AvgIpc) is 2.94. The highest BCUT2D eigenvalue weighted by Crippen LogP contribution is 2.41. The zero-order valence-corrected chi connectivity index (χ0v) is 14.6. The van der Waals surface area contributed by atoms with E-state index in [4.69, 9.17) is 46.4 Å². The summed E-state index contributed by atoms with van der Waals surface area (Å²) in [5, 5.41) is 0.688. The lowest BCUT2D eigenvalue weighted by Crippen LogP contribution is -2.48. The molecule has 1 heterocycles. The summed E-state index contributed by atoms with van der Waals surface area (Å²) >= 11 is 24.8. The van der Waals surface area contributed by atoms with Crippen LogP contribution in [0.15, 0.2) is 54.6 Å².